The van der Waals surface area contributed by atoms with Crippen molar-refractivity contribution in [2.75, 3.05) is 19.6 Å². The zero-order chi connectivity index (χ0) is 19.8. The lowest BCUT2D eigenvalue weighted by molar-refractivity contribution is -0.00610. The molecule has 0 radical (unpaired) electrons. The van der Waals surface area contributed by atoms with Crippen LogP contribution in [0, 0.1) is 5.92 Å². The zero-order valence-electron chi connectivity index (χ0n) is 15.5. The predicted octanol–water partition coefficient (Wildman–Crippen LogP) is 2.09. The van der Waals surface area contributed by atoms with Crippen LogP contribution in [0.4, 0.5) is 0 Å². The van der Waals surface area contributed by atoms with Gasteiger partial charge in [-0.3, -0.25) is 4.79 Å². The van der Waals surface area contributed by atoms with Crippen molar-refractivity contribution < 1.29 is 22.7 Å². The van der Waals surface area contributed by atoms with Crippen molar-refractivity contribution in [2.24, 2.45) is 5.92 Å². The molecule has 28 heavy (non-hydrogen) atoms. The van der Waals surface area contributed by atoms with Crippen molar-refractivity contribution in [3.05, 3.63) is 54.0 Å². The Morgan fingerprint density at radius 2 is 1.86 bits per heavy atom. The van der Waals surface area contributed by atoms with Crippen molar-refractivity contribution in [3.8, 4) is 0 Å². The van der Waals surface area contributed by atoms with Gasteiger partial charge in [0.15, 0.2) is 0 Å². The van der Waals surface area contributed by atoms with Gasteiger partial charge in [0.2, 0.25) is 10.0 Å². The zero-order valence-corrected chi connectivity index (χ0v) is 16.3. The summed E-state index contributed by atoms with van der Waals surface area (Å²) in [6, 6.07) is 9.35. The summed E-state index contributed by atoms with van der Waals surface area (Å²) in [5, 5.41) is 13.7. The largest absolute Gasteiger partial charge is 0.466 e. The number of hydrogen-bond donors (Lipinski definition) is 2. The highest BCUT2D eigenvalue weighted by atomic mass is 32.2. The molecule has 1 unspecified atom stereocenters. The summed E-state index contributed by atoms with van der Waals surface area (Å²) in [4.78, 5) is 12.7. The topological polar surface area (TPSA) is 99.8 Å². The highest BCUT2D eigenvalue weighted by Crippen LogP contribution is 2.45. The molecule has 1 aliphatic carbocycles. The van der Waals surface area contributed by atoms with Gasteiger partial charge in [-0.25, -0.2) is 8.42 Å². The number of nitrogens with zero attached hydrogens (tertiary/aromatic N) is 1. The van der Waals surface area contributed by atoms with Gasteiger partial charge in [-0.05, 0) is 68.0 Å². The molecule has 150 valence electrons. The number of carbonyl (C=O) groups is 1. The first-order chi connectivity index (χ1) is 13.4. The third-order valence-electron chi connectivity index (χ3n) is 5.54. The number of nitrogens with one attached hydrogen (secondary N) is 1. The summed E-state index contributed by atoms with van der Waals surface area (Å²) in [5.74, 6) is 0.144. The minimum atomic E-state index is -3.50. The molecular formula is C20H24N2O5S. The number of carbonyl (C=O) groups excluding carboxylic acids is 1. The Balaban J connectivity index is 1.44. The number of benzene rings is 1. The number of amides is 1. The first kappa shape index (κ1) is 19.2. The van der Waals surface area contributed by atoms with Crippen LogP contribution in [-0.2, 0) is 15.6 Å². The number of hydrogen-bond acceptors (Lipinski definition) is 5. The lowest BCUT2D eigenvalue weighted by Gasteiger charge is -2.26. The number of furan rings is 1. The molecule has 2 fully saturated rings. The molecule has 1 amide bonds. The van der Waals surface area contributed by atoms with Gasteiger partial charge in [-0.2, -0.15) is 4.31 Å². The maximum atomic E-state index is 12.6. The van der Waals surface area contributed by atoms with Crippen LogP contribution in [0.3, 0.4) is 0 Å². The molecule has 2 N–H and O–H groups in total. The molecule has 1 saturated heterocycles. The molecule has 0 bridgehead atoms. The van der Waals surface area contributed by atoms with E-state index >= 15 is 0 Å². The third-order valence-corrected chi connectivity index (χ3v) is 7.45. The Labute approximate surface area is 164 Å². The molecule has 1 aliphatic heterocycles. The minimum Gasteiger partial charge on any atom is -0.466 e. The average molecular weight is 404 g/mol. The van der Waals surface area contributed by atoms with Gasteiger partial charge >= 0.3 is 0 Å². The number of sulfonamides is 1. The number of aliphatic hydroxyl groups is 1. The Morgan fingerprint density at radius 1 is 1.18 bits per heavy atom. The third kappa shape index (κ3) is 3.59. The fourth-order valence-corrected chi connectivity index (χ4v) is 5.21. The van der Waals surface area contributed by atoms with E-state index in [1.54, 1.807) is 12.1 Å². The van der Waals surface area contributed by atoms with Gasteiger partial charge in [0, 0.05) is 18.7 Å². The van der Waals surface area contributed by atoms with Gasteiger partial charge in [0.05, 0.1) is 17.7 Å². The van der Waals surface area contributed by atoms with Gasteiger partial charge in [0.25, 0.3) is 5.91 Å². The Bertz CT molecular complexity index is 929. The molecule has 7 nitrogen and oxygen atoms in total. The van der Waals surface area contributed by atoms with E-state index in [0.717, 1.165) is 25.7 Å². The lowest BCUT2D eigenvalue weighted by Crippen LogP contribution is -2.42. The quantitative estimate of drug-likeness (QED) is 0.736. The van der Waals surface area contributed by atoms with Crippen molar-refractivity contribution in [1.29, 1.82) is 0 Å². The maximum absolute atomic E-state index is 12.6. The fourth-order valence-electron chi connectivity index (χ4n) is 3.69. The van der Waals surface area contributed by atoms with Crippen molar-refractivity contribution in [2.45, 2.75) is 36.2 Å². The second-order valence-corrected chi connectivity index (χ2v) is 9.43. The smallest absolute Gasteiger partial charge is 0.251 e. The first-order valence-electron chi connectivity index (χ1n) is 9.56. The summed E-state index contributed by atoms with van der Waals surface area (Å²) in [7, 11) is -3.50. The lowest BCUT2D eigenvalue weighted by atomic mass is 9.94. The molecular weight excluding hydrogens is 380 g/mol. The van der Waals surface area contributed by atoms with Crippen molar-refractivity contribution >= 4 is 15.9 Å². The van der Waals surface area contributed by atoms with E-state index in [9.17, 15) is 18.3 Å². The van der Waals surface area contributed by atoms with E-state index in [0.29, 0.717) is 24.4 Å². The van der Waals surface area contributed by atoms with Crippen molar-refractivity contribution in [1.82, 2.24) is 9.62 Å². The normalized spacial score (nSPS) is 20.0. The summed E-state index contributed by atoms with van der Waals surface area (Å²) < 4.78 is 32.0. The van der Waals surface area contributed by atoms with Gasteiger partial charge < -0.3 is 14.8 Å². The van der Waals surface area contributed by atoms with Gasteiger partial charge in [0.1, 0.15) is 11.4 Å². The number of rotatable bonds is 7. The Kier molecular flexibility index (Phi) is 5.03. The Hall–Kier alpha value is -2.16. The minimum absolute atomic E-state index is 0.0395. The van der Waals surface area contributed by atoms with E-state index < -0.39 is 15.6 Å². The summed E-state index contributed by atoms with van der Waals surface area (Å²) >= 11 is 0. The molecule has 2 aromatic rings. The molecule has 1 aromatic carbocycles. The SMILES string of the molecule is O=C(NCC(O)(c1ccco1)C1CC1)c1ccc(S(=O)(=O)N2CCCC2)cc1. The summed E-state index contributed by atoms with van der Waals surface area (Å²) in [6.45, 7) is 1.12. The second-order valence-electron chi connectivity index (χ2n) is 7.49. The van der Waals surface area contributed by atoms with E-state index in [1.165, 1.54) is 34.8 Å². The van der Waals surface area contributed by atoms with Crippen LogP contribution >= 0.6 is 0 Å². The molecule has 2 heterocycles. The van der Waals surface area contributed by atoms with Crippen LogP contribution < -0.4 is 5.32 Å². The van der Waals surface area contributed by atoms with Crippen LogP contribution in [-0.4, -0.2) is 43.4 Å². The molecule has 1 atom stereocenters. The van der Waals surface area contributed by atoms with E-state index in [-0.39, 0.29) is 23.3 Å². The van der Waals surface area contributed by atoms with E-state index in [2.05, 4.69) is 5.32 Å². The van der Waals surface area contributed by atoms with Crippen molar-refractivity contribution in [3.63, 3.8) is 0 Å². The van der Waals surface area contributed by atoms with Crippen LogP contribution in [0.2, 0.25) is 0 Å². The highest BCUT2D eigenvalue weighted by molar-refractivity contribution is 7.89. The van der Waals surface area contributed by atoms with Gasteiger partial charge in [-0.1, -0.05) is 0 Å². The van der Waals surface area contributed by atoms with Crippen LogP contribution in [0.25, 0.3) is 0 Å². The van der Waals surface area contributed by atoms with E-state index in [1.807, 2.05) is 0 Å². The predicted molar refractivity (Wildman–Crippen MR) is 102 cm³/mol. The molecule has 1 aromatic heterocycles. The van der Waals surface area contributed by atoms with E-state index in [4.69, 9.17) is 4.42 Å². The first-order valence-corrected chi connectivity index (χ1v) is 11.0. The van der Waals surface area contributed by atoms with Gasteiger partial charge in [-0.15, -0.1) is 0 Å². The van der Waals surface area contributed by atoms with Crippen LogP contribution in [0.5, 0.6) is 0 Å². The van der Waals surface area contributed by atoms with Crippen LogP contribution in [0.15, 0.2) is 52.0 Å². The summed E-state index contributed by atoms with van der Waals surface area (Å²) in [6.07, 6.45) is 5.02. The highest BCUT2D eigenvalue weighted by Gasteiger charge is 2.47. The molecule has 0 spiro atoms. The maximum Gasteiger partial charge on any atom is 0.251 e. The van der Waals surface area contributed by atoms with Crippen LogP contribution in [0.1, 0.15) is 41.8 Å². The monoisotopic (exact) mass is 404 g/mol. The molecule has 8 heteroatoms. The molecule has 2 aliphatic rings. The second kappa shape index (κ2) is 7.35. The fraction of sp³-hybridized carbons (Fsp3) is 0.450. The molecule has 4 rings (SSSR count). The standard InChI is InChI=1S/C20H24N2O5S/c23-19(21-14-20(24,16-7-8-16)18-4-3-13-27-18)15-5-9-17(10-6-15)28(25,26)22-11-1-2-12-22/h3-6,9-10,13,16,24H,1-2,7-8,11-12,14H2,(H,21,23). The Morgan fingerprint density at radius 3 is 2.43 bits per heavy atom. The molecule has 1 saturated carbocycles. The summed E-state index contributed by atoms with van der Waals surface area (Å²) in [5.41, 5.74) is -0.879. The average Bonchev–Trinajstić information content (AvgIpc) is 3.18.